The fourth-order valence-electron chi connectivity index (χ4n) is 6.71. The molecule has 0 N–H and O–H groups in total. The van der Waals surface area contributed by atoms with Gasteiger partial charge in [-0.3, -0.25) is 19.2 Å². The maximum Gasteiger partial charge on any atom is 0.310 e. The monoisotopic (exact) mass is 622 g/mol. The van der Waals surface area contributed by atoms with Gasteiger partial charge in [-0.2, -0.15) is 0 Å². The fraction of sp³-hybridized carbons (Fsp3) is 0.882. The van der Waals surface area contributed by atoms with Gasteiger partial charge >= 0.3 is 23.9 Å². The highest BCUT2D eigenvalue weighted by Crippen LogP contribution is 2.45. The van der Waals surface area contributed by atoms with Crippen LogP contribution in [0.1, 0.15) is 117 Å². The summed E-state index contributed by atoms with van der Waals surface area (Å²) >= 11 is 0. The van der Waals surface area contributed by atoms with Crippen molar-refractivity contribution in [2.75, 3.05) is 26.4 Å². The molecule has 0 radical (unpaired) electrons. The van der Waals surface area contributed by atoms with Crippen LogP contribution in [-0.2, 0) is 47.6 Å². The molecular formula is C34H54O10. The average Bonchev–Trinajstić information content (AvgIpc) is 3.95. The molecule has 2 saturated heterocycles. The summed E-state index contributed by atoms with van der Waals surface area (Å²) < 4.78 is 33.2. The van der Waals surface area contributed by atoms with Crippen LogP contribution in [0.4, 0.5) is 0 Å². The lowest BCUT2D eigenvalue weighted by Crippen LogP contribution is -2.39. The minimum atomic E-state index is -0.639. The van der Waals surface area contributed by atoms with Gasteiger partial charge in [0.15, 0.2) is 0 Å². The van der Waals surface area contributed by atoms with Crippen molar-refractivity contribution in [1.82, 2.24) is 0 Å². The van der Waals surface area contributed by atoms with Gasteiger partial charge in [0.05, 0.1) is 61.3 Å². The SMILES string of the molecule is CCCCCCCCOC(=O)C1CC2OC2CC1C(=O)OCCOC(=O)C1CC2OC2CC1C(=O)OCCCCCCCC. The van der Waals surface area contributed by atoms with E-state index >= 15 is 0 Å². The van der Waals surface area contributed by atoms with Gasteiger partial charge in [0.2, 0.25) is 0 Å². The number of epoxide rings is 2. The van der Waals surface area contributed by atoms with Crippen LogP contribution in [0.15, 0.2) is 0 Å². The fourth-order valence-corrected chi connectivity index (χ4v) is 6.71. The molecule has 0 amide bonds. The molecule has 8 unspecified atom stereocenters. The highest BCUT2D eigenvalue weighted by molar-refractivity contribution is 5.83. The van der Waals surface area contributed by atoms with E-state index in [1.54, 1.807) is 0 Å². The second-order valence-corrected chi connectivity index (χ2v) is 13.0. The summed E-state index contributed by atoms with van der Waals surface area (Å²) in [6, 6.07) is 0. The molecule has 2 heterocycles. The van der Waals surface area contributed by atoms with Crippen molar-refractivity contribution in [3.8, 4) is 0 Å². The number of unbranched alkanes of at least 4 members (excludes halogenated alkanes) is 10. The third-order valence-electron chi connectivity index (χ3n) is 9.56. The third-order valence-corrected chi connectivity index (χ3v) is 9.56. The van der Waals surface area contributed by atoms with Gasteiger partial charge in [0.25, 0.3) is 0 Å². The zero-order valence-corrected chi connectivity index (χ0v) is 26.8. The van der Waals surface area contributed by atoms with Crippen LogP contribution in [0, 0.1) is 23.7 Å². The van der Waals surface area contributed by atoms with E-state index in [0.29, 0.717) is 38.9 Å². The Hall–Kier alpha value is -2.20. The minimum Gasteiger partial charge on any atom is -0.465 e. The summed E-state index contributed by atoms with van der Waals surface area (Å²) in [5.74, 6) is -4.20. The van der Waals surface area contributed by atoms with E-state index in [2.05, 4.69) is 13.8 Å². The Morgan fingerprint density at radius 2 is 0.705 bits per heavy atom. The van der Waals surface area contributed by atoms with E-state index in [-0.39, 0.29) is 49.6 Å². The van der Waals surface area contributed by atoms with Gasteiger partial charge in [0.1, 0.15) is 13.2 Å². The lowest BCUT2D eigenvalue weighted by molar-refractivity contribution is -0.167. The van der Waals surface area contributed by atoms with Crippen molar-refractivity contribution in [2.45, 2.75) is 141 Å². The van der Waals surface area contributed by atoms with Crippen LogP contribution in [0.2, 0.25) is 0 Å². The first-order chi connectivity index (χ1) is 21.4. The molecule has 0 aromatic heterocycles. The second-order valence-electron chi connectivity index (χ2n) is 13.0. The Morgan fingerprint density at radius 3 is 1.02 bits per heavy atom. The summed E-state index contributed by atoms with van der Waals surface area (Å²) in [5, 5.41) is 0. The van der Waals surface area contributed by atoms with Gasteiger partial charge in [-0.1, -0.05) is 78.1 Å². The van der Waals surface area contributed by atoms with Gasteiger partial charge in [-0.05, 0) is 38.5 Å². The quantitative estimate of drug-likeness (QED) is 0.0703. The minimum absolute atomic E-state index is 0.00238. The van der Waals surface area contributed by atoms with Crippen molar-refractivity contribution in [3.63, 3.8) is 0 Å². The normalized spacial score (nSPS) is 30.0. The van der Waals surface area contributed by atoms with Crippen molar-refractivity contribution in [2.24, 2.45) is 23.7 Å². The molecule has 0 aromatic carbocycles. The molecule has 4 fully saturated rings. The maximum atomic E-state index is 13.0. The van der Waals surface area contributed by atoms with Crippen molar-refractivity contribution < 1.29 is 47.6 Å². The molecule has 2 aliphatic carbocycles. The lowest BCUT2D eigenvalue weighted by atomic mass is 9.79. The van der Waals surface area contributed by atoms with Crippen molar-refractivity contribution in [3.05, 3.63) is 0 Å². The number of carbonyl (C=O) groups is 4. The Kier molecular flexibility index (Phi) is 14.2. The standard InChI is InChI=1S/C34H54O10/c1-3-5-7-9-11-13-15-39-31(35)23-19-27-29(43-27)21-25(23)33(37)41-17-18-42-34(38)26-22-30-28(44-30)20-24(26)32(36)40-16-14-12-10-8-6-4-2/h23-30H,3-22H2,1-2H3. The number of fused-ring (bicyclic) bond motifs is 2. The summed E-state index contributed by atoms with van der Waals surface area (Å²) in [6.45, 7) is 4.81. The van der Waals surface area contributed by atoms with E-state index in [1.165, 1.54) is 38.5 Å². The molecule has 8 atom stereocenters. The van der Waals surface area contributed by atoms with E-state index in [9.17, 15) is 19.2 Å². The van der Waals surface area contributed by atoms with Crippen LogP contribution in [0.5, 0.6) is 0 Å². The molecule has 250 valence electrons. The highest BCUT2D eigenvalue weighted by atomic mass is 16.6. The Morgan fingerprint density at radius 1 is 0.432 bits per heavy atom. The van der Waals surface area contributed by atoms with Crippen molar-refractivity contribution in [1.29, 1.82) is 0 Å². The molecule has 0 aromatic rings. The van der Waals surface area contributed by atoms with Crippen LogP contribution in [0.25, 0.3) is 0 Å². The van der Waals surface area contributed by atoms with E-state index in [0.717, 1.165) is 38.5 Å². The van der Waals surface area contributed by atoms with Gasteiger partial charge in [-0.15, -0.1) is 0 Å². The first-order valence-corrected chi connectivity index (χ1v) is 17.4. The zero-order chi connectivity index (χ0) is 31.3. The Bertz CT molecular complexity index is 863. The largest absolute Gasteiger partial charge is 0.465 e. The Balaban J connectivity index is 1.15. The number of esters is 4. The van der Waals surface area contributed by atoms with Gasteiger partial charge in [-0.25, -0.2) is 0 Å². The van der Waals surface area contributed by atoms with E-state index < -0.39 is 35.6 Å². The molecule has 0 spiro atoms. The summed E-state index contributed by atoms with van der Waals surface area (Å²) in [6.07, 6.45) is 14.9. The molecule has 0 bridgehead atoms. The van der Waals surface area contributed by atoms with Crippen molar-refractivity contribution >= 4 is 23.9 Å². The Labute approximate surface area is 262 Å². The van der Waals surface area contributed by atoms with E-state index in [1.807, 2.05) is 0 Å². The number of hydrogen-bond donors (Lipinski definition) is 0. The summed E-state index contributed by atoms with van der Waals surface area (Å²) in [5.41, 5.74) is 0. The summed E-state index contributed by atoms with van der Waals surface area (Å²) in [4.78, 5) is 51.7. The van der Waals surface area contributed by atoms with Crippen LogP contribution in [-0.4, -0.2) is 74.7 Å². The number of hydrogen-bond acceptors (Lipinski definition) is 10. The number of rotatable bonds is 21. The van der Waals surface area contributed by atoms with Gasteiger partial charge < -0.3 is 28.4 Å². The first kappa shape index (κ1) is 34.7. The zero-order valence-electron chi connectivity index (χ0n) is 26.8. The maximum absolute atomic E-state index is 13.0. The molecule has 10 nitrogen and oxygen atoms in total. The molecule has 44 heavy (non-hydrogen) atoms. The lowest BCUT2D eigenvalue weighted by Gasteiger charge is -2.27. The molecule has 2 saturated carbocycles. The number of ether oxygens (including phenoxy) is 6. The molecular weight excluding hydrogens is 568 g/mol. The predicted molar refractivity (Wildman–Crippen MR) is 160 cm³/mol. The predicted octanol–water partition coefficient (Wildman–Crippen LogP) is 5.47. The smallest absolute Gasteiger partial charge is 0.310 e. The van der Waals surface area contributed by atoms with Crippen LogP contribution in [0.3, 0.4) is 0 Å². The van der Waals surface area contributed by atoms with Crippen LogP contribution < -0.4 is 0 Å². The molecule has 4 aliphatic rings. The molecule has 4 rings (SSSR count). The number of carbonyl (C=O) groups excluding carboxylic acids is 4. The van der Waals surface area contributed by atoms with E-state index in [4.69, 9.17) is 28.4 Å². The highest BCUT2D eigenvalue weighted by Gasteiger charge is 2.55. The average molecular weight is 623 g/mol. The van der Waals surface area contributed by atoms with Crippen LogP contribution >= 0.6 is 0 Å². The van der Waals surface area contributed by atoms with Gasteiger partial charge in [0, 0.05) is 0 Å². The topological polar surface area (TPSA) is 130 Å². The molecule has 2 aliphatic heterocycles. The third kappa shape index (κ3) is 10.7. The first-order valence-electron chi connectivity index (χ1n) is 17.4. The summed E-state index contributed by atoms with van der Waals surface area (Å²) in [7, 11) is 0. The second kappa shape index (κ2) is 18.1. The molecule has 10 heteroatoms.